The standard InChI is InChI=1S/C19H29NO/c1-15-9-12-18(14-20,13-10-15)19(21)11-5-4-7-16-6-2-3-8-17(16)19/h2-3,6,8,15,21H,4-5,7,9-14,20H2,1H3. The van der Waals surface area contributed by atoms with Crippen LogP contribution in [0.3, 0.4) is 0 Å². The largest absolute Gasteiger partial charge is 0.385 e. The summed E-state index contributed by atoms with van der Waals surface area (Å²) in [5.41, 5.74) is 7.90. The molecule has 0 aliphatic heterocycles. The number of rotatable bonds is 2. The van der Waals surface area contributed by atoms with Crippen molar-refractivity contribution in [3.63, 3.8) is 0 Å². The van der Waals surface area contributed by atoms with Gasteiger partial charge in [-0.2, -0.15) is 0 Å². The number of aliphatic hydroxyl groups is 1. The summed E-state index contributed by atoms with van der Waals surface area (Å²) < 4.78 is 0. The van der Waals surface area contributed by atoms with Gasteiger partial charge in [-0.1, -0.05) is 44.0 Å². The van der Waals surface area contributed by atoms with E-state index in [0.29, 0.717) is 6.54 Å². The molecule has 0 radical (unpaired) electrons. The predicted molar refractivity (Wildman–Crippen MR) is 87.0 cm³/mol. The van der Waals surface area contributed by atoms with Crippen molar-refractivity contribution in [2.24, 2.45) is 17.1 Å². The van der Waals surface area contributed by atoms with Gasteiger partial charge in [-0.05, 0) is 55.6 Å². The first kappa shape index (κ1) is 15.1. The summed E-state index contributed by atoms with van der Waals surface area (Å²) in [6.45, 7) is 2.93. The molecule has 1 saturated carbocycles. The summed E-state index contributed by atoms with van der Waals surface area (Å²) in [6.07, 6.45) is 8.76. The van der Waals surface area contributed by atoms with Crippen molar-refractivity contribution in [1.82, 2.24) is 0 Å². The number of nitrogens with two attached hydrogens (primary N) is 1. The molecule has 0 amide bonds. The van der Waals surface area contributed by atoms with E-state index in [1.54, 1.807) is 0 Å². The van der Waals surface area contributed by atoms with Crippen molar-refractivity contribution in [3.8, 4) is 0 Å². The maximum atomic E-state index is 11.8. The Morgan fingerprint density at radius 1 is 1.14 bits per heavy atom. The first-order chi connectivity index (χ1) is 10.1. The zero-order valence-electron chi connectivity index (χ0n) is 13.3. The first-order valence-electron chi connectivity index (χ1n) is 8.62. The monoisotopic (exact) mass is 287 g/mol. The normalized spacial score (nSPS) is 36.8. The molecule has 0 spiro atoms. The average molecular weight is 287 g/mol. The molecule has 1 fully saturated rings. The van der Waals surface area contributed by atoms with E-state index in [1.807, 2.05) is 0 Å². The molecule has 2 aliphatic rings. The number of aryl methyl sites for hydroxylation is 1. The summed E-state index contributed by atoms with van der Waals surface area (Å²) in [5, 5.41) is 11.8. The van der Waals surface area contributed by atoms with Crippen molar-refractivity contribution in [2.75, 3.05) is 6.54 Å². The van der Waals surface area contributed by atoms with Crippen LogP contribution in [0.25, 0.3) is 0 Å². The minimum Gasteiger partial charge on any atom is -0.385 e. The molecule has 0 bridgehead atoms. The molecule has 3 N–H and O–H groups in total. The summed E-state index contributed by atoms with van der Waals surface area (Å²) in [5.74, 6) is 0.772. The maximum absolute atomic E-state index is 11.8. The van der Waals surface area contributed by atoms with E-state index in [4.69, 9.17) is 5.73 Å². The van der Waals surface area contributed by atoms with Crippen LogP contribution in [0, 0.1) is 11.3 Å². The molecule has 0 aromatic heterocycles. The molecule has 2 aliphatic carbocycles. The van der Waals surface area contributed by atoms with Crippen molar-refractivity contribution >= 4 is 0 Å². The highest BCUT2D eigenvalue weighted by atomic mass is 16.3. The predicted octanol–water partition coefficient (Wildman–Crippen LogP) is 3.76. The zero-order chi connectivity index (χ0) is 14.9. The Morgan fingerprint density at radius 3 is 2.57 bits per heavy atom. The highest BCUT2D eigenvalue weighted by Crippen LogP contribution is 2.54. The summed E-state index contributed by atoms with van der Waals surface area (Å²) >= 11 is 0. The average Bonchev–Trinajstić information content (AvgIpc) is 2.69. The molecule has 0 saturated heterocycles. The molecule has 1 aromatic rings. The minimum absolute atomic E-state index is 0.125. The summed E-state index contributed by atoms with van der Waals surface area (Å²) in [7, 11) is 0. The lowest BCUT2D eigenvalue weighted by atomic mass is 9.58. The third-order valence-corrected chi connectivity index (χ3v) is 6.20. The number of hydrogen-bond acceptors (Lipinski definition) is 2. The van der Waals surface area contributed by atoms with Gasteiger partial charge in [0.05, 0.1) is 5.60 Å². The lowest BCUT2D eigenvalue weighted by molar-refractivity contribution is -0.117. The fourth-order valence-electron chi connectivity index (χ4n) is 4.62. The minimum atomic E-state index is -0.727. The van der Waals surface area contributed by atoms with E-state index in [2.05, 4.69) is 31.2 Å². The van der Waals surface area contributed by atoms with Gasteiger partial charge in [-0.15, -0.1) is 0 Å². The van der Waals surface area contributed by atoms with E-state index < -0.39 is 5.60 Å². The van der Waals surface area contributed by atoms with Gasteiger partial charge < -0.3 is 10.8 Å². The van der Waals surface area contributed by atoms with E-state index in [9.17, 15) is 5.11 Å². The molecule has 2 heteroatoms. The Kier molecular flexibility index (Phi) is 4.11. The summed E-state index contributed by atoms with van der Waals surface area (Å²) in [4.78, 5) is 0. The van der Waals surface area contributed by atoms with Gasteiger partial charge in [-0.3, -0.25) is 0 Å². The Morgan fingerprint density at radius 2 is 1.86 bits per heavy atom. The molecular weight excluding hydrogens is 258 g/mol. The van der Waals surface area contributed by atoms with Crippen LogP contribution in [0.1, 0.15) is 63.0 Å². The van der Waals surface area contributed by atoms with Crippen molar-refractivity contribution in [2.45, 2.75) is 63.9 Å². The van der Waals surface area contributed by atoms with Crippen LogP contribution >= 0.6 is 0 Å². The van der Waals surface area contributed by atoms with Crippen LogP contribution in [0.5, 0.6) is 0 Å². The number of hydrogen-bond donors (Lipinski definition) is 2. The number of fused-ring (bicyclic) bond motifs is 1. The molecule has 1 unspecified atom stereocenters. The van der Waals surface area contributed by atoms with Crippen LogP contribution in [0.15, 0.2) is 24.3 Å². The van der Waals surface area contributed by atoms with Gasteiger partial charge in [0.2, 0.25) is 0 Å². The number of benzene rings is 1. The first-order valence-corrected chi connectivity index (χ1v) is 8.62. The van der Waals surface area contributed by atoms with Crippen molar-refractivity contribution in [3.05, 3.63) is 35.4 Å². The van der Waals surface area contributed by atoms with Gasteiger partial charge in [0.15, 0.2) is 0 Å². The topological polar surface area (TPSA) is 46.2 Å². The smallest absolute Gasteiger partial charge is 0.0967 e. The Labute approximate surface area is 128 Å². The molecule has 116 valence electrons. The lowest BCUT2D eigenvalue weighted by Crippen LogP contribution is -2.52. The van der Waals surface area contributed by atoms with Crippen LogP contribution in [0.2, 0.25) is 0 Å². The van der Waals surface area contributed by atoms with Gasteiger partial charge in [-0.25, -0.2) is 0 Å². The van der Waals surface area contributed by atoms with Crippen LogP contribution in [0.4, 0.5) is 0 Å². The van der Waals surface area contributed by atoms with E-state index in [-0.39, 0.29) is 5.41 Å². The van der Waals surface area contributed by atoms with E-state index in [1.165, 1.54) is 30.4 Å². The third-order valence-electron chi connectivity index (χ3n) is 6.20. The highest BCUT2D eigenvalue weighted by Gasteiger charge is 2.52. The van der Waals surface area contributed by atoms with E-state index in [0.717, 1.165) is 38.0 Å². The maximum Gasteiger partial charge on any atom is 0.0967 e. The lowest BCUT2D eigenvalue weighted by Gasteiger charge is -2.51. The Bertz CT molecular complexity index is 490. The Balaban J connectivity index is 2.05. The quantitative estimate of drug-likeness (QED) is 0.814. The van der Waals surface area contributed by atoms with Gasteiger partial charge in [0.1, 0.15) is 0 Å². The molecule has 1 atom stereocenters. The van der Waals surface area contributed by atoms with Crippen molar-refractivity contribution in [1.29, 1.82) is 0 Å². The molecule has 0 heterocycles. The fourth-order valence-corrected chi connectivity index (χ4v) is 4.62. The molecule has 21 heavy (non-hydrogen) atoms. The Hall–Kier alpha value is -0.860. The van der Waals surface area contributed by atoms with Crippen LogP contribution < -0.4 is 5.73 Å². The zero-order valence-corrected chi connectivity index (χ0v) is 13.3. The SMILES string of the molecule is CC1CCC(CN)(C2(O)CCCCc3ccccc32)CC1. The summed E-state index contributed by atoms with van der Waals surface area (Å²) in [6, 6.07) is 8.52. The molecule has 1 aromatic carbocycles. The third kappa shape index (κ3) is 2.43. The second-order valence-electron chi connectivity index (χ2n) is 7.39. The molecule has 2 nitrogen and oxygen atoms in total. The van der Waals surface area contributed by atoms with Crippen LogP contribution in [-0.4, -0.2) is 11.7 Å². The van der Waals surface area contributed by atoms with Gasteiger partial charge in [0, 0.05) is 12.0 Å². The second-order valence-corrected chi connectivity index (χ2v) is 7.39. The van der Waals surface area contributed by atoms with Gasteiger partial charge in [0.25, 0.3) is 0 Å². The van der Waals surface area contributed by atoms with Crippen LogP contribution in [-0.2, 0) is 12.0 Å². The highest BCUT2D eigenvalue weighted by molar-refractivity contribution is 5.36. The van der Waals surface area contributed by atoms with E-state index >= 15 is 0 Å². The van der Waals surface area contributed by atoms with Gasteiger partial charge >= 0.3 is 0 Å². The second kappa shape index (κ2) is 5.73. The fraction of sp³-hybridized carbons (Fsp3) is 0.684. The van der Waals surface area contributed by atoms with Crippen molar-refractivity contribution < 1.29 is 5.11 Å². The molecular formula is C19H29NO. The molecule has 3 rings (SSSR count).